The number of rotatable bonds is 3. The number of amides is 3. The van der Waals surface area contributed by atoms with Gasteiger partial charge in [0, 0.05) is 30.8 Å². The number of hydroxylamine groups is 1. The molecule has 10 nitrogen and oxygen atoms in total. The molecule has 0 saturated carbocycles. The minimum atomic E-state index is -0.669. The number of nitrogens with one attached hydrogen (secondary N) is 2. The summed E-state index contributed by atoms with van der Waals surface area (Å²) in [6, 6.07) is 4.50. The lowest BCUT2D eigenvalue weighted by atomic mass is 9.99. The second-order valence-electron chi connectivity index (χ2n) is 9.18. The average molecular weight is 456 g/mol. The number of nitrogens with zero attached hydrogens (tertiary/aromatic N) is 2. The summed E-state index contributed by atoms with van der Waals surface area (Å²) >= 11 is 0. The van der Waals surface area contributed by atoms with Gasteiger partial charge in [0.1, 0.15) is 11.4 Å². The largest absolute Gasteiger partial charge is 0.482 e. The molecule has 0 saturated heterocycles. The first-order valence-electron chi connectivity index (χ1n) is 10.8. The van der Waals surface area contributed by atoms with Gasteiger partial charge in [-0.3, -0.25) is 14.8 Å². The Morgan fingerprint density at radius 1 is 1.33 bits per heavy atom. The van der Waals surface area contributed by atoms with Crippen LogP contribution in [0.25, 0.3) is 0 Å². The number of benzene rings is 1. The molecular weight excluding hydrogens is 428 g/mol. The first kappa shape index (κ1) is 22.7. The van der Waals surface area contributed by atoms with Gasteiger partial charge < -0.3 is 24.6 Å². The Labute approximate surface area is 191 Å². The molecule has 0 aromatic heterocycles. The minimum absolute atomic E-state index is 0.0895. The van der Waals surface area contributed by atoms with Gasteiger partial charge >= 0.3 is 6.09 Å². The van der Waals surface area contributed by atoms with Gasteiger partial charge in [0.2, 0.25) is 0 Å². The molecule has 3 heterocycles. The second kappa shape index (κ2) is 8.78. The van der Waals surface area contributed by atoms with E-state index in [4.69, 9.17) is 14.7 Å². The van der Waals surface area contributed by atoms with Gasteiger partial charge in [-0.05, 0) is 44.5 Å². The van der Waals surface area contributed by atoms with Crippen molar-refractivity contribution < 1.29 is 29.1 Å². The number of fused-ring (bicyclic) bond motifs is 1. The first-order chi connectivity index (χ1) is 15.6. The standard InChI is InChI=1S/C23H28N4O6/c1-23(2,3)33-22(30)26-9-8-17-15(11-26)4-6-16(24-17)12-27-18-10-14(21(29)25-31)5-7-19(18)32-13-20(27)28/h4-7,10,16,24,31H,8-9,11-13H2,1-3H3,(H,25,29). The molecule has 1 unspecified atom stereocenters. The maximum absolute atomic E-state index is 12.6. The molecule has 0 bridgehead atoms. The summed E-state index contributed by atoms with van der Waals surface area (Å²) in [7, 11) is 0. The summed E-state index contributed by atoms with van der Waals surface area (Å²) in [5, 5.41) is 12.4. The van der Waals surface area contributed by atoms with Gasteiger partial charge in [0.25, 0.3) is 11.8 Å². The summed E-state index contributed by atoms with van der Waals surface area (Å²) in [6.45, 7) is 6.78. The van der Waals surface area contributed by atoms with Crippen molar-refractivity contribution in [2.24, 2.45) is 0 Å². The smallest absolute Gasteiger partial charge is 0.410 e. The van der Waals surface area contributed by atoms with Crippen LogP contribution in [0.3, 0.4) is 0 Å². The molecule has 1 atom stereocenters. The highest BCUT2D eigenvalue weighted by Crippen LogP contribution is 2.34. The molecule has 0 fully saturated rings. The second-order valence-corrected chi connectivity index (χ2v) is 9.18. The number of anilines is 1. The SMILES string of the molecule is CC(C)(C)OC(=O)N1CCC2=C(C=CC(CN3C(=O)COc4ccc(C(=O)NO)cc43)N2)C1. The highest BCUT2D eigenvalue weighted by molar-refractivity contribution is 6.01. The van der Waals surface area contributed by atoms with Gasteiger partial charge in [-0.1, -0.05) is 12.2 Å². The summed E-state index contributed by atoms with van der Waals surface area (Å²) in [5.74, 6) is -0.397. The number of dihydropyridines is 1. The third-order valence-corrected chi connectivity index (χ3v) is 5.57. The van der Waals surface area contributed by atoms with Gasteiger partial charge in [-0.2, -0.15) is 0 Å². The van der Waals surface area contributed by atoms with E-state index in [1.807, 2.05) is 32.9 Å². The zero-order valence-corrected chi connectivity index (χ0v) is 18.9. The summed E-state index contributed by atoms with van der Waals surface area (Å²) in [5.41, 5.74) is 3.80. The van der Waals surface area contributed by atoms with Crippen molar-refractivity contribution in [3.8, 4) is 5.75 Å². The zero-order chi connectivity index (χ0) is 23.8. The lowest BCUT2D eigenvalue weighted by molar-refractivity contribution is -0.121. The Kier molecular flexibility index (Phi) is 6.03. The molecule has 3 N–H and O–H groups in total. The first-order valence-corrected chi connectivity index (χ1v) is 10.8. The zero-order valence-electron chi connectivity index (χ0n) is 18.9. The molecule has 10 heteroatoms. The van der Waals surface area contributed by atoms with Gasteiger partial charge in [-0.15, -0.1) is 0 Å². The van der Waals surface area contributed by atoms with Gasteiger partial charge in [-0.25, -0.2) is 10.3 Å². The summed E-state index contributed by atoms with van der Waals surface area (Å²) in [4.78, 5) is 40.1. The Bertz CT molecular complexity index is 1040. The van der Waals surface area contributed by atoms with Gasteiger partial charge in [0.15, 0.2) is 6.61 Å². The predicted molar refractivity (Wildman–Crippen MR) is 119 cm³/mol. The van der Waals surface area contributed by atoms with Crippen LogP contribution in [0.15, 0.2) is 41.6 Å². The molecule has 1 aromatic rings. The van der Waals surface area contributed by atoms with E-state index in [0.29, 0.717) is 37.5 Å². The predicted octanol–water partition coefficient (Wildman–Crippen LogP) is 1.95. The maximum atomic E-state index is 12.6. The third-order valence-electron chi connectivity index (χ3n) is 5.57. The van der Waals surface area contributed by atoms with E-state index < -0.39 is 11.5 Å². The van der Waals surface area contributed by atoms with E-state index >= 15 is 0 Å². The average Bonchev–Trinajstić information content (AvgIpc) is 2.78. The van der Waals surface area contributed by atoms with E-state index in [0.717, 1.165) is 11.3 Å². The quantitative estimate of drug-likeness (QED) is 0.470. The molecule has 3 aliphatic rings. The molecule has 1 aromatic carbocycles. The van der Waals surface area contributed by atoms with Crippen molar-refractivity contribution in [1.29, 1.82) is 0 Å². The highest BCUT2D eigenvalue weighted by atomic mass is 16.6. The minimum Gasteiger partial charge on any atom is -0.482 e. The molecular formula is C23H28N4O6. The van der Waals surface area contributed by atoms with Crippen LogP contribution < -0.4 is 20.4 Å². The molecule has 3 amide bonds. The highest BCUT2D eigenvalue weighted by Gasteiger charge is 2.31. The maximum Gasteiger partial charge on any atom is 0.410 e. The van der Waals surface area contributed by atoms with E-state index in [1.165, 1.54) is 12.1 Å². The molecule has 3 aliphatic heterocycles. The number of ether oxygens (including phenoxy) is 2. The number of carbonyl (C=O) groups is 3. The van der Waals surface area contributed by atoms with Crippen molar-refractivity contribution in [3.05, 3.63) is 47.2 Å². The van der Waals surface area contributed by atoms with Crippen LogP contribution in [0, 0.1) is 0 Å². The third kappa shape index (κ3) is 4.95. The normalized spacial score (nSPS) is 19.9. The van der Waals surface area contributed by atoms with Gasteiger partial charge in [0.05, 0.1) is 18.3 Å². The molecule has 33 heavy (non-hydrogen) atoms. The van der Waals surface area contributed by atoms with E-state index in [9.17, 15) is 14.4 Å². The van der Waals surface area contributed by atoms with Crippen LogP contribution in [0.2, 0.25) is 0 Å². The van der Waals surface area contributed by atoms with E-state index in [2.05, 4.69) is 5.32 Å². The Hall–Kier alpha value is -3.53. The van der Waals surface area contributed by atoms with Crippen molar-refractivity contribution >= 4 is 23.6 Å². The van der Waals surface area contributed by atoms with Crippen LogP contribution in [0.5, 0.6) is 5.75 Å². The van der Waals surface area contributed by atoms with Crippen molar-refractivity contribution in [3.63, 3.8) is 0 Å². The van der Waals surface area contributed by atoms with Crippen molar-refractivity contribution in [2.75, 3.05) is 31.1 Å². The molecule has 4 rings (SSSR count). The fraction of sp³-hybridized carbons (Fsp3) is 0.435. The summed E-state index contributed by atoms with van der Waals surface area (Å²) in [6.07, 6.45) is 4.27. The molecule has 176 valence electrons. The fourth-order valence-electron chi connectivity index (χ4n) is 4.00. The molecule has 0 radical (unpaired) electrons. The van der Waals surface area contributed by atoms with Crippen LogP contribution in [-0.2, 0) is 9.53 Å². The lowest BCUT2D eigenvalue weighted by Gasteiger charge is -2.37. The van der Waals surface area contributed by atoms with Crippen LogP contribution in [-0.4, -0.2) is 65.9 Å². The molecule has 0 aliphatic carbocycles. The van der Waals surface area contributed by atoms with Crippen LogP contribution in [0.1, 0.15) is 37.6 Å². The van der Waals surface area contributed by atoms with Crippen molar-refractivity contribution in [1.82, 2.24) is 15.7 Å². The monoisotopic (exact) mass is 456 g/mol. The van der Waals surface area contributed by atoms with Crippen LogP contribution >= 0.6 is 0 Å². The van der Waals surface area contributed by atoms with Crippen molar-refractivity contribution in [2.45, 2.75) is 38.8 Å². The van der Waals surface area contributed by atoms with E-state index in [1.54, 1.807) is 21.3 Å². The topological polar surface area (TPSA) is 120 Å². The number of carbonyl (C=O) groups excluding carboxylic acids is 3. The van der Waals surface area contributed by atoms with Crippen LogP contribution in [0.4, 0.5) is 10.5 Å². The summed E-state index contributed by atoms with van der Waals surface area (Å²) < 4.78 is 11.0. The Balaban J connectivity index is 1.45. The number of hydrogen-bond acceptors (Lipinski definition) is 7. The lowest BCUT2D eigenvalue weighted by Crippen LogP contribution is -2.49. The molecule has 0 spiro atoms. The Morgan fingerprint density at radius 2 is 2.12 bits per heavy atom. The fourth-order valence-corrected chi connectivity index (χ4v) is 4.00. The number of hydrogen-bond donors (Lipinski definition) is 3. The van der Waals surface area contributed by atoms with E-state index in [-0.39, 0.29) is 30.2 Å². The Morgan fingerprint density at radius 3 is 2.85 bits per heavy atom.